The van der Waals surface area contributed by atoms with Crippen molar-refractivity contribution in [3.05, 3.63) is 59.9 Å². The number of para-hydroxylation sites is 1. The minimum absolute atomic E-state index is 0.0417. The fourth-order valence-corrected chi connectivity index (χ4v) is 4.17. The third-order valence-electron chi connectivity index (χ3n) is 5.96. The van der Waals surface area contributed by atoms with Crippen LogP contribution in [0, 0.1) is 0 Å². The van der Waals surface area contributed by atoms with Gasteiger partial charge in [0, 0.05) is 38.3 Å². The predicted octanol–water partition coefficient (Wildman–Crippen LogP) is 2.50. The molecule has 0 aliphatic carbocycles. The molecule has 2 aromatic rings. The number of aromatic nitrogens is 1. The van der Waals surface area contributed by atoms with Crippen LogP contribution in [0.2, 0.25) is 0 Å². The third kappa shape index (κ3) is 4.06. The van der Waals surface area contributed by atoms with Crippen LogP contribution in [0.3, 0.4) is 0 Å². The second-order valence-electron chi connectivity index (χ2n) is 7.97. The second-order valence-corrected chi connectivity index (χ2v) is 7.97. The van der Waals surface area contributed by atoms with Crippen LogP contribution in [0.1, 0.15) is 48.5 Å². The van der Waals surface area contributed by atoms with Gasteiger partial charge in [-0.1, -0.05) is 18.2 Å². The lowest BCUT2D eigenvalue weighted by atomic mass is 9.84. The highest BCUT2D eigenvalue weighted by atomic mass is 16.5. The number of carbonyl (C=O) groups is 3. The molecule has 7 nitrogen and oxygen atoms in total. The Balaban J connectivity index is 1.42. The number of pyridine rings is 1. The number of nitrogens with one attached hydrogen (secondary N) is 1. The molecule has 1 aromatic heterocycles. The number of ether oxygens (including phenoxy) is 1. The van der Waals surface area contributed by atoms with Crippen molar-refractivity contribution in [2.75, 3.05) is 6.54 Å². The third-order valence-corrected chi connectivity index (χ3v) is 5.96. The Morgan fingerprint density at radius 3 is 2.87 bits per heavy atom. The van der Waals surface area contributed by atoms with Crippen LogP contribution in [0.15, 0.2) is 48.8 Å². The molecule has 156 valence electrons. The molecular weight excluding hydrogens is 382 g/mol. The number of hydrogen-bond donors (Lipinski definition) is 1. The van der Waals surface area contributed by atoms with E-state index in [4.69, 9.17) is 4.74 Å². The number of rotatable bonds is 4. The minimum Gasteiger partial charge on any atom is -0.486 e. The number of likely N-dealkylation sites (tertiary alicyclic amines) is 1. The Labute approximate surface area is 175 Å². The predicted molar refractivity (Wildman–Crippen MR) is 110 cm³/mol. The lowest BCUT2D eigenvalue weighted by Crippen LogP contribution is -2.48. The number of nitrogens with zero attached hydrogens (tertiary/aromatic N) is 2. The van der Waals surface area contributed by atoms with Gasteiger partial charge < -0.3 is 15.0 Å². The van der Waals surface area contributed by atoms with Crippen molar-refractivity contribution in [3.63, 3.8) is 0 Å². The Morgan fingerprint density at radius 1 is 1.23 bits per heavy atom. The number of ketones is 1. The van der Waals surface area contributed by atoms with E-state index in [1.807, 2.05) is 24.3 Å². The van der Waals surface area contributed by atoms with Crippen LogP contribution in [0.25, 0.3) is 0 Å². The van der Waals surface area contributed by atoms with Crippen LogP contribution >= 0.6 is 0 Å². The number of fused-ring (bicyclic) bond motifs is 1. The Kier molecular flexibility index (Phi) is 5.53. The number of hydrogen-bond acceptors (Lipinski definition) is 5. The first-order chi connectivity index (χ1) is 14.5. The summed E-state index contributed by atoms with van der Waals surface area (Å²) in [5.41, 5.74) is 0.799. The molecule has 0 radical (unpaired) electrons. The average molecular weight is 407 g/mol. The van der Waals surface area contributed by atoms with Crippen molar-refractivity contribution in [2.45, 2.75) is 50.8 Å². The first-order valence-corrected chi connectivity index (χ1v) is 10.2. The molecule has 1 N–H and O–H groups in total. The molecule has 1 saturated heterocycles. The Morgan fingerprint density at radius 2 is 2.07 bits per heavy atom. The summed E-state index contributed by atoms with van der Waals surface area (Å²) in [5.74, 6) is 0.317. The number of benzene rings is 1. The number of Topliss-reactive ketones (excluding diaryl/α,β-unsaturated/α-hetero) is 1. The van der Waals surface area contributed by atoms with Crippen molar-refractivity contribution in [2.24, 2.45) is 0 Å². The zero-order chi connectivity index (χ0) is 21.1. The summed E-state index contributed by atoms with van der Waals surface area (Å²) >= 11 is 0. The first kappa shape index (κ1) is 20.1. The molecule has 0 saturated carbocycles. The molecule has 3 heterocycles. The first-order valence-electron chi connectivity index (χ1n) is 10.2. The highest BCUT2D eigenvalue weighted by Gasteiger charge is 2.44. The largest absolute Gasteiger partial charge is 0.486 e. The van der Waals surface area contributed by atoms with Crippen LogP contribution < -0.4 is 10.1 Å². The molecule has 7 heteroatoms. The van der Waals surface area contributed by atoms with Crippen molar-refractivity contribution in [3.8, 4) is 5.75 Å². The van der Waals surface area contributed by atoms with Gasteiger partial charge in [-0.25, -0.2) is 0 Å². The second kappa shape index (κ2) is 8.26. The fourth-order valence-electron chi connectivity index (χ4n) is 4.17. The van der Waals surface area contributed by atoms with E-state index in [2.05, 4.69) is 10.3 Å². The van der Waals surface area contributed by atoms with Gasteiger partial charge >= 0.3 is 0 Å². The summed E-state index contributed by atoms with van der Waals surface area (Å²) in [6, 6.07) is 10.3. The Hall–Kier alpha value is -3.22. The van der Waals surface area contributed by atoms with Gasteiger partial charge in [-0.2, -0.15) is 0 Å². The lowest BCUT2D eigenvalue weighted by molar-refractivity contribution is -0.139. The number of carbonyl (C=O) groups excluding carboxylic acids is 3. The van der Waals surface area contributed by atoms with Crippen LogP contribution in [0.4, 0.5) is 0 Å². The lowest BCUT2D eigenvalue weighted by Gasteiger charge is -2.37. The van der Waals surface area contributed by atoms with Gasteiger partial charge in [0.1, 0.15) is 17.4 Å². The van der Waals surface area contributed by atoms with E-state index in [-0.39, 0.29) is 30.4 Å². The normalized spacial score (nSPS) is 22.1. The van der Waals surface area contributed by atoms with E-state index in [1.54, 1.807) is 36.4 Å². The topological polar surface area (TPSA) is 88.6 Å². The smallest absolute Gasteiger partial charge is 0.242 e. The molecule has 1 fully saturated rings. The van der Waals surface area contributed by atoms with E-state index in [0.29, 0.717) is 37.2 Å². The van der Waals surface area contributed by atoms with Gasteiger partial charge in [0.2, 0.25) is 11.8 Å². The molecular formula is C23H25N3O4. The van der Waals surface area contributed by atoms with Crippen LogP contribution in [-0.4, -0.2) is 45.7 Å². The summed E-state index contributed by atoms with van der Waals surface area (Å²) in [4.78, 5) is 43.7. The van der Waals surface area contributed by atoms with Crippen molar-refractivity contribution in [1.82, 2.24) is 15.2 Å². The molecule has 2 atom stereocenters. The fraction of sp³-hybridized carbons (Fsp3) is 0.391. The van der Waals surface area contributed by atoms with Crippen LogP contribution in [-0.2, 0) is 16.1 Å². The maximum absolute atomic E-state index is 12.8. The van der Waals surface area contributed by atoms with E-state index < -0.39 is 11.6 Å². The maximum atomic E-state index is 12.8. The molecule has 2 aliphatic rings. The van der Waals surface area contributed by atoms with Gasteiger partial charge in [0.25, 0.3) is 0 Å². The van der Waals surface area contributed by atoms with Crippen molar-refractivity contribution >= 4 is 17.6 Å². The highest BCUT2D eigenvalue weighted by Crippen LogP contribution is 2.39. The maximum Gasteiger partial charge on any atom is 0.242 e. The summed E-state index contributed by atoms with van der Waals surface area (Å²) in [5, 5.41) is 2.87. The molecule has 0 unspecified atom stereocenters. The molecule has 1 aromatic carbocycles. The van der Waals surface area contributed by atoms with E-state index in [9.17, 15) is 14.4 Å². The summed E-state index contributed by atoms with van der Waals surface area (Å²) in [7, 11) is 0. The van der Waals surface area contributed by atoms with E-state index in [1.165, 1.54) is 0 Å². The standard InChI is InChI=1S/C23H25N3O4/c1-16(22(29)25-15-17-5-4-11-24-14-17)26-12-10-23(9-8-21(26)28)13-19(27)18-6-2-3-7-20(18)30-23/h2-7,11,14,16H,8-10,12-13,15H2,1H3,(H,25,29)/t16-,23+/m0/s1. The molecule has 30 heavy (non-hydrogen) atoms. The minimum atomic E-state index is -0.693. The van der Waals surface area contributed by atoms with Gasteiger partial charge in [-0.05, 0) is 37.1 Å². The molecule has 2 amide bonds. The summed E-state index contributed by atoms with van der Waals surface area (Å²) in [6.45, 7) is 2.46. The van der Waals surface area contributed by atoms with Crippen molar-refractivity contribution in [1.29, 1.82) is 0 Å². The van der Waals surface area contributed by atoms with E-state index >= 15 is 0 Å². The SMILES string of the molecule is C[C@@H](C(=O)NCc1cccnc1)N1CC[C@]2(CCC1=O)CC(=O)c1ccccc1O2. The van der Waals surface area contributed by atoms with Gasteiger partial charge in [0.15, 0.2) is 5.78 Å². The summed E-state index contributed by atoms with van der Waals surface area (Å²) in [6.07, 6.45) is 4.85. The highest BCUT2D eigenvalue weighted by molar-refractivity contribution is 6.00. The van der Waals surface area contributed by atoms with E-state index in [0.717, 1.165) is 5.56 Å². The number of amides is 2. The Bertz CT molecular complexity index is 962. The van der Waals surface area contributed by atoms with Gasteiger partial charge in [0.05, 0.1) is 12.0 Å². The summed E-state index contributed by atoms with van der Waals surface area (Å²) < 4.78 is 6.25. The molecule has 4 rings (SSSR count). The zero-order valence-electron chi connectivity index (χ0n) is 17.0. The van der Waals surface area contributed by atoms with Gasteiger partial charge in [-0.3, -0.25) is 19.4 Å². The zero-order valence-corrected chi connectivity index (χ0v) is 17.0. The van der Waals surface area contributed by atoms with Crippen LogP contribution in [0.5, 0.6) is 5.75 Å². The molecule has 1 spiro atoms. The quantitative estimate of drug-likeness (QED) is 0.841. The van der Waals surface area contributed by atoms with Gasteiger partial charge in [-0.15, -0.1) is 0 Å². The van der Waals surface area contributed by atoms with Crippen molar-refractivity contribution < 1.29 is 19.1 Å². The molecule has 0 bridgehead atoms. The monoisotopic (exact) mass is 407 g/mol. The molecule has 2 aliphatic heterocycles. The average Bonchev–Trinajstić information content (AvgIpc) is 2.91.